The summed E-state index contributed by atoms with van der Waals surface area (Å²) in [6, 6.07) is 2.00. The van der Waals surface area contributed by atoms with Crippen LogP contribution in [0.2, 0.25) is 5.28 Å². The molecule has 1 saturated carbocycles. The lowest BCUT2D eigenvalue weighted by molar-refractivity contribution is 0.436. The van der Waals surface area contributed by atoms with Gasteiger partial charge in [0.05, 0.1) is 5.69 Å². The first-order chi connectivity index (χ1) is 7.29. The predicted molar refractivity (Wildman–Crippen MR) is 60.8 cm³/mol. The molecule has 4 heteroatoms. The van der Waals surface area contributed by atoms with Gasteiger partial charge < -0.3 is 5.73 Å². The Morgan fingerprint density at radius 2 is 2.00 bits per heavy atom. The molecule has 0 amide bonds. The highest BCUT2D eigenvalue weighted by molar-refractivity contribution is 6.28. The second-order valence-electron chi connectivity index (χ2n) is 4.09. The summed E-state index contributed by atoms with van der Waals surface area (Å²) in [4.78, 5) is 8.38. The highest BCUT2D eigenvalue weighted by Crippen LogP contribution is 2.31. The average Bonchev–Trinajstić information content (AvgIpc) is 2.29. The highest BCUT2D eigenvalue weighted by Gasteiger charge is 2.17. The molecule has 0 radical (unpaired) electrons. The summed E-state index contributed by atoms with van der Waals surface area (Å²) in [6.07, 6.45) is 6.38. The maximum absolute atomic E-state index is 5.87. The van der Waals surface area contributed by atoms with E-state index in [9.17, 15) is 0 Å². The van der Waals surface area contributed by atoms with Crippen molar-refractivity contribution in [1.82, 2.24) is 9.97 Å². The van der Waals surface area contributed by atoms with Crippen molar-refractivity contribution < 1.29 is 0 Å². The quantitative estimate of drug-likeness (QED) is 0.788. The molecule has 0 atom stereocenters. The fraction of sp³-hybridized carbons (Fsp3) is 0.636. The van der Waals surface area contributed by atoms with Crippen molar-refractivity contribution >= 4 is 11.6 Å². The van der Waals surface area contributed by atoms with Gasteiger partial charge in [0.2, 0.25) is 5.28 Å². The molecule has 1 fully saturated rings. The van der Waals surface area contributed by atoms with Crippen LogP contribution in [0.4, 0.5) is 0 Å². The minimum atomic E-state index is 0.332. The molecule has 2 N–H and O–H groups in total. The SMILES string of the molecule is NCc1cc(C2CCCCC2)nc(Cl)n1. The van der Waals surface area contributed by atoms with Crippen LogP contribution in [-0.4, -0.2) is 9.97 Å². The largest absolute Gasteiger partial charge is 0.325 e. The maximum atomic E-state index is 5.87. The summed E-state index contributed by atoms with van der Waals surface area (Å²) in [5, 5.41) is 0.332. The number of aromatic nitrogens is 2. The van der Waals surface area contributed by atoms with Crippen LogP contribution < -0.4 is 5.73 Å². The van der Waals surface area contributed by atoms with Gasteiger partial charge in [0.15, 0.2) is 0 Å². The second-order valence-corrected chi connectivity index (χ2v) is 4.43. The third kappa shape index (κ3) is 2.67. The molecule has 1 aromatic rings. The zero-order valence-corrected chi connectivity index (χ0v) is 9.50. The van der Waals surface area contributed by atoms with Crippen molar-refractivity contribution in [2.24, 2.45) is 5.73 Å². The fourth-order valence-corrected chi connectivity index (χ4v) is 2.40. The van der Waals surface area contributed by atoms with Crippen molar-refractivity contribution in [2.75, 3.05) is 0 Å². The summed E-state index contributed by atoms with van der Waals surface area (Å²) in [5.74, 6) is 0.560. The summed E-state index contributed by atoms with van der Waals surface area (Å²) in [6.45, 7) is 0.432. The molecule has 1 heterocycles. The zero-order valence-electron chi connectivity index (χ0n) is 8.75. The van der Waals surface area contributed by atoms with Crippen molar-refractivity contribution in [3.63, 3.8) is 0 Å². The van der Waals surface area contributed by atoms with E-state index >= 15 is 0 Å². The standard InChI is InChI=1S/C11H16ClN3/c12-11-14-9(7-13)6-10(15-11)8-4-2-1-3-5-8/h6,8H,1-5,7,13H2. The molecule has 1 aromatic heterocycles. The van der Waals surface area contributed by atoms with E-state index in [1.165, 1.54) is 32.1 Å². The van der Waals surface area contributed by atoms with E-state index in [-0.39, 0.29) is 0 Å². The van der Waals surface area contributed by atoms with Crippen molar-refractivity contribution in [3.8, 4) is 0 Å². The first-order valence-electron chi connectivity index (χ1n) is 5.53. The smallest absolute Gasteiger partial charge is 0.222 e. The van der Waals surface area contributed by atoms with Crippen LogP contribution in [0.15, 0.2) is 6.07 Å². The van der Waals surface area contributed by atoms with Crippen LogP contribution in [0.5, 0.6) is 0 Å². The topological polar surface area (TPSA) is 51.8 Å². The van der Waals surface area contributed by atoms with Crippen molar-refractivity contribution in [3.05, 3.63) is 22.7 Å². The minimum absolute atomic E-state index is 0.332. The van der Waals surface area contributed by atoms with Gasteiger partial charge in [-0.05, 0) is 30.5 Å². The Bertz CT molecular complexity index is 335. The Kier molecular flexibility index (Phi) is 3.54. The van der Waals surface area contributed by atoms with Crippen LogP contribution >= 0.6 is 11.6 Å². The Hall–Kier alpha value is -0.670. The van der Waals surface area contributed by atoms with Gasteiger partial charge >= 0.3 is 0 Å². The third-order valence-corrected chi connectivity index (χ3v) is 3.17. The number of hydrogen-bond donors (Lipinski definition) is 1. The summed E-state index contributed by atoms with van der Waals surface area (Å²) >= 11 is 5.87. The lowest BCUT2D eigenvalue weighted by Crippen LogP contribution is -2.09. The summed E-state index contributed by atoms with van der Waals surface area (Å²) < 4.78 is 0. The number of nitrogens with zero attached hydrogens (tertiary/aromatic N) is 2. The molecule has 0 spiro atoms. The first kappa shape index (κ1) is 10.8. The van der Waals surface area contributed by atoms with Gasteiger partial charge in [-0.3, -0.25) is 0 Å². The van der Waals surface area contributed by atoms with Crippen LogP contribution in [0.1, 0.15) is 49.4 Å². The van der Waals surface area contributed by atoms with Gasteiger partial charge in [0.25, 0.3) is 0 Å². The van der Waals surface area contributed by atoms with E-state index in [1.807, 2.05) is 6.07 Å². The minimum Gasteiger partial charge on any atom is -0.325 e. The third-order valence-electron chi connectivity index (χ3n) is 3.00. The molecule has 1 aliphatic rings. The van der Waals surface area contributed by atoms with Gasteiger partial charge in [-0.1, -0.05) is 19.3 Å². The van der Waals surface area contributed by atoms with E-state index < -0.39 is 0 Å². The number of halogens is 1. The normalized spacial score (nSPS) is 18.0. The molecule has 0 aliphatic heterocycles. The Labute approximate surface area is 95.1 Å². The fourth-order valence-electron chi connectivity index (χ4n) is 2.20. The van der Waals surface area contributed by atoms with Gasteiger partial charge in [0, 0.05) is 18.2 Å². The molecule has 0 unspecified atom stereocenters. The van der Waals surface area contributed by atoms with Crippen molar-refractivity contribution in [2.45, 2.75) is 44.6 Å². The Morgan fingerprint density at radius 3 is 2.67 bits per heavy atom. The van der Waals surface area contributed by atoms with E-state index in [2.05, 4.69) is 9.97 Å². The van der Waals surface area contributed by atoms with Crippen LogP contribution in [0.25, 0.3) is 0 Å². The lowest BCUT2D eigenvalue weighted by Gasteiger charge is -2.21. The second kappa shape index (κ2) is 4.90. The molecule has 1 aliphatic carbocycles. The molecule has 0 bridgehead atoms. The van der Waals surface area contributed by atoms with Gasteiger partial charge in [0.1, 0.15) is 0 Å². The monoisotopic (exact) mass is 225 g/mol. The first-order valence-corrected chi connectivity index (χ1v) is 5.91. The average molecular weight is 226 g/mol. The number of rotatable bonds is 2. The number of nitrogens with two attached hydrogens (primary N) is 1. The molecule has 0 aromatic carbocycles. The predicted octanol–water partition coefficient (Wildman–Crippen LogP) is 2.64. The molecule has 82 valence electrons. The zero-order chi connectivity index (χ0) is 10.7. The molecule has 15 heavy (non-hydrogen) atoms. The Balaban J connectivity index is 2.22. The summed E-state index contributed by atoms with van der Waals surface area (Å²) in [7, 11) is 0. The lowest BCUT2D eigenvalue weighted by atomic mass is 9.86. The van der Waals surface area contributed by atoms with Crippen LogP contribution in [-0.2, 0) is 6.54 Å². The van der Waals surface area contributed by atoms with E-state index in [4.69, 9.17) is 17.3 Å². The molecular formula is C11H16ClN3. The summed E-state index contributed by atoms with van der Waals surface area (Å²) in [5.41, 5.74) is 7.49. The van der Waals surface area contributed by atoms with E-state index in [0.717, 1.165) is 11.4 Å². The molecule has 2 rings (SSSR count). The molecule has 3 nitrogen and oxygen atoms in total. The van der Waals surface area contributed by atoms with E-state index in [0.29, 0.717) is 17.7 Å². The van der Waals surface area contributed by atoms with Crippen molar-refractivity contribution in [1.29, 1.82) is 0 Å². The van der Waals surface area contributed by atoms with Crippen LogP contribution in [0.3, 0.4) is 0 Å². The van der Waals surface area contributed by atoms with Gasteiger partial charge in [-0.2, -0.15) is 0 Å². The van der Waals surface area contributed by atoms with Crippen LogP contribution in [0, 0.1) is 0 Å². The highest BCUT2D eigenvalue weighted by atomic mass is 35.5. The Morgan fingerprint density at radius 1 is 1.27 bits per heavy atom. The molecular weight excluding hydrogens is 210 g/mol. The van der Waals surface area contributed by atoms with Gasteiger partial charge in [-0.15, -0.1) is 0 Å². The number of hydrogen-bond acceptors (Lipinski definition) is 3. The maximum Gasteiger partial charge on any atom is 0.222 e. The van der Waals surface area contributed by atoms with Gasteiger partial charge in [-0.25, -0.2) is 9.97 Å². The van der Waals surface area contributed by atoms with E-state index in [1.54, 1.807) is 0 Å². The molecule has 0 saturated heterocycles.